The Morgan fingerprint density at radius 3 is 2.88 bits per heavy atom. The van der Waals surface area contributed by atoms with Gasteiger partial charge in [0.05, 0.1) is 5.52 Å². The maximum Gasteiger partial charge on any atom is 0.271 e. The number of hydrogen-bond donors (Lipinski definition) is 0. The summed E-state index contributed by atoms with van der Waals surface area (Å²) in [6.45, 7) is 6.97. The van der Waals surface area contributed by atoms with E-state index < -0.39 is 0 Å². The van der Waals surface area contributed by atoms with E-state index in [4.69, 9.17) is 0 Å². The Bertz CT molecular complexity index is 554. The third kappa shape index (κ3) is 1.89. The molecule has 3 nitrogen and oxygen atoms in total. The Kier molecular flexibility index (Phi) is 3.10. The second-order valence-corrected chi connectivity index (χ2v) is 5.23. The van der Waals surface area contributed by atoms with E-state index in [1.54, 1.807) is 4.57 Å². The van der Waals surface area contributed by atoms with Gasteiger partial charge >= 0.3 is 0 Å². The van der Waals surface area contributed by atoms with Gasteiger partial charge in [0.25, 0.3) is 5.56 Å². The van der Waals surface area contributed by atoms with Gasteiger partial charge in [-0.1, -0.05) is 13.8 Å². The van der Waals surface area contributed by atoms with E-state index in [9.17, 15) is 4.79 Å². The van der Waals surface area contributed by atoms with Crippen LogP contribution in [0.4, 0.5) is 0 Å². The van der Waals surface area contributed by atoms with Gasteiger partial charge in [-0.25, -0.2) is 4.98 Å². The molecule has 0 amide bonds. The SMILES string of the molecule is CCn1c(CC(C)C)nc2ccsc2c1=O. The van der Waals surface area contributed by atoms with E-state index in [2.05, 4.69) is 18.8 Å². The van der Waals surface area contributed by atoms with E-state index in [1.165, 1.54) is 11.3 Å². The zero-order valence-electron chi connectivity index (χ0n) is 9.86. The highest BCUT2D eigenvalue weighted by Crippen LogP contribution is 2.16. The highest BCUT2D eigenvalue weighted by atomic mass is 32.1. The van der Waals surface area contributed by atoms with Gasteiger partial charge in [-0.15, -0.1) is 11.3 Å². The molecular weight excluding hydrogens is 220 g/mol. The first-order chi connectivity index (χ1) is 7.63. The van der Waals surface area contributed by atoms with Gasteiger partial charge in [-0.3, -0.25) is 9.36 Å². The number of aromatic nitrogens is 2. The fraction of sp³-hybridized carbons (Fsp3) is 0.500. The molecule has 0 atom stereocenters. The van der Waals surface area contributed by atoms with Gasteiger partial charge in [0.1, 0.15) is 10.5 Å². The Morgan fingerprint density at radius 1 is 1.50 bits per heavy atom. The van der Waals surface area contributed by atoms with E-state index in [-0.39, 0.29) is 5.56 Å². The van der Waals surface area contributed by atoms with Crippen LogP contribution >= 0.6 is 11.3 Å². The molecule has 0 aromatic carbocycles. The van der Waals surface area contributed by atoms with Gasteiger partial charge in [0, 0.05) is 13.0 Å². The first kappa shape index (κ1) is 11.3. The van der Waals surface area contributed by atoms with Crippen LogP contribution in [-0.2, 0) is 13.0 Å². The van der Waals surface area contributed by atoms with Crippen molar-refractivity contribution in [3.8, 4) is 0 Å². The van der Waals surface area contributed by atoms with Gasteiger partial charge in [-0.2, -0.15) is 0 Å². The van der Waals surface area contributed by atoms with E-state index >= 15 is 0 Å². The molecule has 16 heavy (non-hydrogen) atoms. The quantitative estimate of drug-likeness (QED) is 0.821. The minimum absolute atomic E-state index is 0.109. The monoisotopic (exact) mass is 236 g/mol. The fourth-order valence-corrected chi connectivity index (χ4v) is 2.62. The molecule has 0 spiro atoms. The van der Waals surface area contributed by atoms with Crippen LogP contribution < -0.4 is 5.56 Å². The first-order valence-corrected chi connectivity index (χ1v) is 6.48. The molecule has 0 saturated carbocycles. The molecule has 0 aliphatic heterocycles. The maximum atomic E-state index is 12.2. The van der Waals surface area contributed by atoms with Crippen LogP contribution in [0.25, 0.3) is 10.2 Å². The summed E-state index contributed by atoms with van der Waals surface area (Å²) in [6, 6.07) is 1.92. The van der Waals surface area contributed by atoms with Crippen LogP contribution in [0.1, 0.15) is 26.6 Å². The lowest BCUT2D eigenvalue weighted by Gasteiger charge is -2.11. The summed E-state index contributed by atoms with van der Waals surface area (Å²) in [7, 11) is 0. The Hall–Kier alpha value is -1.16. The van der Waals surface area contributed by atoms with Crippen molar-refractivity contribution < 1.29 is 0 Å². The standard InChI is InChI=1S/C12H16N2OS/c1-4-14-10(7-8(2)3)13-9-5-6-16-11(9)12(14)15/h5-6,8H,4,7H2,1-3H3. The van der Waals surface area contributed by atoms with Crippen molar-refractivity contribution in [1.29, 1.82) is 0 Å². The summed E-state index contributed by atoms with van der Waals surface area (Å²) in [5.41, 5.74) is 0.952. The predicted molar refractivity (Wildman–Crippen MR) is 68.1 cm³/mol. The molecular formula is C12H16N2OS. The molecule has 0 radical (unpaired) electrons. The van der Waals surface area contributed by atoms with Crippen molar-refractivity contribution in [2.75, 3.05) is 0 Å². The van der Waals surface area contributed by atoms with Gasteiger partial charge in [-0.05, 0) is 24.3 Å². The molecule has 2 aromatic heterocycles. The van der Waals surface area contributed by atoms with Crippen LogP contribution in [0, 0.1) is 5.92 Å². The lowest BCUT2D eigenvalue weighted by Crippen LogP contribution is -2.24. The molecule has 0 aliphatic rings. The molecule has 0 saturated heterocycles. The highest BCUT2D eigenvalue weighted by Gasteiger charge is 2.11. The van der Waals surface area contributed by atoms with E-state index in [0.717, 1.165) is 22.5 Å². The average molecular weight is 236 g/mol. The number of hydrogen-bond acceptors (Lipinski definition) is 3. The van der Waals surface area contributed by atoms with E-state index in [1.807, 2.05) is 18.4 Å². The topological polar surface area (TPSA) is 34.9 Å². The van der Waals surface area contributed by atoms with Crippen LogP contribution in [-0.4, -0.2) is 9.55 Å². The number of thiophene rings is 1. The highest BCUT2D eigenvalue weighted by molar-refractivity contribution is 7.17. The third-order valence-corrected chi connectivity index (χ3v) is 3.44. The lowest BCUT2D eigenvalue weighted by molar-refractivity contribution is 0.567. The van der Waals surface area contributed by atoms with Crippen molar-refractivity contribution in [1.82, 2.24) is 9.55 Å². The molecule has 0 fully saturated rings. The lowest BCUT2D eigenvalue weighted by atomic mass is 10.1. The molecule has 0 aliphatic carbocycles. The fourth-order valence-electron chi connectivity index (χ4n) is 1.84. The summed E-state index contributed by atoms with van der Waals surface area (Å²) >= 11 is 1.48. The molecule has 86 valence electrons. The number of fused-ring (bicyclic) bond motifs is 1. The Balaban J connectivity index is 2.66. The minimum atomic E-state index is 0.109. The molecule has 2 heterocycles. The second kappa shape index (κ2) is 4.37. The zero-order chi connectivity index (χ0) is 11.7. The minimum Gasteiger partial charge on any atom is -0.296 e. The average Bonchev–Trinajstić information content (AvgIpc) is 2.65. The summed E-state index contributed by atoms with van der Waals surface area (Å²) in [6.07, 6.45) is 0.856. The second-order valence-electron chi connectivity index (χ2n) is 4.31. The molecule has 0 unspecified atom stereocenters. The number of nitrogens with zero attached hydrogens (tertiary/aromatic N) is 2. The van der Waals surface area contributed by atoms with Crippen molar-refractivity contribution >= 4 is 21.6 Å². The third-order valence-electron chi connectivity index (χ3n) is 2.55. The smallest absolute Gasteiger partial charge is 0.271 e. The van der Waals surface area contributed by atoms with Crippen LogP contribution in [0.5, 0.6) is 0 Å². The van der Waals surface area contributed by atoms with Gasteiger partial charge in [0.15, 0.2) is 0 Å². The molecule has 2 rings (SSSR count). The van der Waals surface area contributed by atoms with Crippen molar-refractivity contribution in [2.24, 2.45) is 5.92 Å². The summed E-state index contributed by atoms with van der Waals surface area (Å²) in [5.74, 6) is 1.43. The van der Waals surface area contributed by atoms with Crippen molar-refractivity contribution in [3.05, 3.63) is 27.6 Å². The van der Waals surface area contributed by atoms with Crippen molar-refractivity contribution in [3.63, 3.8) is 0 Å². The predicted octanol–water partition coefficient (Wildman–Crippen LogP) is 2.68. The summed E-state index contributed by atoms with van der Waals surface area (Å²) in [4.78, 5) is 16.7. The summed E-state index contributed by atoms with van der Waals surface area (Å²) in [5, 5.41) is 1.93. The largest absolute Gasteiger partial charge is 0.296 e. The molecule has 0 N–H and O–H groups in total. The number of rotatable bonds is 3. The Labute approximate surface area is 98.8 Å². The molecule has 0 bridgehead atoms. The van der Waals surface area contributed by atoms with Crippen LogP contribution in [0.15, 0.2) is 16.2 Å². The van der Waals surface area contributed by atoms with Crippen LogP contribution in [0.2, 0.25) is 0 Å². The van der Waals surface area contributed by atoms with Crippen molar-refractivity contribution in [2.45, 2.75) is 33.7 Å². The normalized spacial score (nSPS) is 11.5. The summed E-state index contributed by atoms with van der Waals surface area (Å²) < 4.78 is 2.56. The van der Waals surface area contributed by atoms with E-state index in [0.29, 0.717) is 12.5 Å². The Morgan fingerprint density at radius 2 is 2.25 bits per heavy atom. The molecule has 4 heteroatoms. The maximum absolute atomic E-state index is 12.2. The zero-order valence-corrected chi connectivity index (χ0v) is 10.7. The van der Waals surface area contributed by atoms with Gasteiger partial charge < -0.3 is 0 Å². The molecule has 2 aromatic rings. The van der Waals surface area contributed by atoms with Crippen LogP contribution in [0.3, 0.4) is 0 Å². The first-order valence-electron chi connectivity index (χ1n) is 5.60. The van der Waals surface area contributed by atoms with Gasteiger partial charge in [0.2, 0.25) is 0 Å².